The molecule has 9 nitrogen and oxygen atoms in total. The molecule has 178 valence electrons. The quantitative estimate of drug-likeness (QED) is 0.260. The molecule has 0 aromatic rings. The van der Waals surface area contributed by atoms with E-state index < -0.39 is 32.2 Å². The number of hydrogen-bond acceptors (Lipinski definition) is 9. The number of rotatable bonds is 10. The molecule has 0 aromatic heterocycles. The van der Waals surface area contributed by atoms with Gasteiger partial charge in [0.1, 0.15) is 12.2 Å². The summed E-state index contributed by atoms with van der Waals surface area (Å²) in [6, 6.07) is -0.619. The first-order chi connectivity index (χ1) is 13.0. The third-order valence-electron chi connectivity index (χ3n) is 4.61. The number of phosphoric acid groups is 1. The van der Waals surface area contributed by atoms with Crippen LogP contribution in [0, 0.1) is 6.61 Å². The molecule has 0 aromatic carbocycles. The molecule has 2 aliphatic heterocycles. The minimum absolute atomic E-state index is 0. The number of hydrogen-bond donors (Lipinski definition) is 1. The average Bonchev–Trinajstić information content (AvgIpc) is 3.04. The predicted molar refractivity (Wildman–Crippen MR) is 100 cm³/mol. The third kappa shape index (κ3) is 9.65. The maximum absolute atomic E-state index is 12.4. The largest absolute Gasteiger partial charge is 0.758 e. The standard InChI is InChI=1S/C18H35NO8P.2W/c1-10(2)22-8-16-18(17(19)13(6)26-16)27-28(20,21)23-9-15-14(24-11(3)4)7-12(5)25-15;;/h9-18H,7-8,19H2,1-6H3,(H,20,21);;/q-1;;/p-1/t12-,13-,14+,15+,16+,17?,18-;;/m0../s1. The van der Waals surface area contributed by atoms with Crippen LogP contribution in [-0.4, -0.2) is 61.5 Å². The zero-order chi connectivity index (χ0) is 21.1. The van der Waals surface area contributed by atoms with Crippen LogP contribution in [0.5, 0.6) is 0 Å². The Labute approximate surface area is 208 Å². The second-order valence-corrected chi connectivity index (χ2v) is 9.28. The zero-order valence-electron chi connectivity index (χ0n) is 18.3. The molecule has 0 spiro atoms. The molecule has 2 fully saturated rings. The maximum Gasteiger partial charge on any atom is 0.237 e. The van der Waals surface area contributed by atoms with Crippen LogP contribution in [0.1, 0.15) is 48.0 Å². The monoisotopic (exact) mass is 791 g/mol. The van der Waals surface area contributed by atoms with Crippen molar-refractivity contribution in [3.8, 4) is 0 Å². The third-order valence-corrected chi connectivity index (χ3v) is 5.49. The molecule has 2 N–H and O–H groups in total. The van der Waals surface area contributed by atoms with Gasteiger partial charge in [-0.15, -0.1) is 0 Å². The summed E-state index contributed by atoms with van der Waals surface area (Å²) >= 11 is 0. The molecule has 0 aliphatic carbocycles. The van der Waals surface area contributed by atoms with Crippen LogP contribution in [0.25, 0.3) is 0 Å². The van der Waals surface area contributed by atoms with Gasteiger partial charge in [0, 0.05) is 42.1 Å². The Morgan fingerprint density at radius 3 is 2.37 bits per heavy atom. The van der Waals surface area contributed by atoms with Crippen LogP contribution in [0.3, 0.4) is 0 Å². The Balaban J connectivity index is 0.00000420. The Kier molecular flexibility index (Phi) is 14.5. The maximum atomic E-state index is 12.4. The van der Waals surface area contributed by atoms with Crippen LogP contribution in [-0.2, 0) is 74.7 Å². The second kappa shape index (κ2) is 13.9. The first kappa shape index (κ1) is 31.3. The van der Waals surface area contributed by atoms with E-state index in [4.69, 9.17) is 33.7 Å². The van der Waals surface area contributed by atoms with Crippen molar-refractivity contribution >= 4 is 7.82 Å². The molecule has 0 bridgehead atoms. The van der Waals surface area contributed by atoms with Crippen molar-refractivity contribution in [2.24, 2.45) is 5.73 Å². The van der Waals surface area contributed by atoms with Gasteiger partial charge in [0.2, 0.25) is 7.82 Å². The van der Waals surface area contributed by atoms with Crippen molar-refractivity contribution in [1.82, 2.24) is 0 Å². The first-order valence-corrected chi connectivity index (χ1v) is 11.3. The first-order valence-electron chi connectivity index (χ1n) is 9.83. The summed E-state index contributed by atoms with van der Waals surface area (Å²) in [5, 5.41) is 0. The van der Waals surface area contributed by atoms with Gasteiger partial charge in [0.15, 0.2) is 0 Å². The van der Waals surface area contributed by atoms with E-state index in [9.17, 15) is 9.46 Å². The molecular weight excluding hydrogens is 757 g/mol. The van der Waals surface area contributed by atoms with Gasteiger partial charge in [0.05, 0.1) is 43.2 Å². The smallest absolute Gasteiger partial charge is 0.237 e. The molecule has 2 saturated heterocycles. The minimum Gasteiger partial charge on any atom is -0.758 e. The molecule has 2 aliphatic rings. The van der Waals surface area contributed by atoms with E-state index in [1.54, 1.807) is 6.92 Å². The summed E-state index contributed by atoms with van der Waals surface area (Å²) in [5.41, 5.74) is 6.06. The van der Waals surface area contributed by atoms with Gasteiger partial charge in [-0.2, -0.15) is 6.61 Å². The van der Waals surface area contributed by atoms with Crippen molar-refractivity contribution in [3.63, 3.8) is 0 Å². The van der Waals surface area contributed by atoms with E-state index in [0.717, 1.165) is 6.61 Å². The average molecular weight is 791 g/mol. The molecule has 2 rings (SSSR count). The molecule has 2 unspecified atom stereocenters. The molecular formula is C18H34NO8PW2-2. The number of phosphoric ester groups is 1. The van der Waals surface area contributed by atoms with Crippen LogP contribution in [0.2, 0.25) is 0 Å². The minimum atomic E-state index is -4.68. The van der Waals surface area contributed by atoms with Gasteiger partial charge < -0.3 is 38.6 Å². The fourth-order valence-corrected chi connectivity index (χ4v) is 4.19. The van der Waals surface area contributed by atoms with Crippen LogP contribution in [0.4, 0.5) is 0 Å². The molecule has 2 heterocycles. The van der Waals surface area contributed by atoms with E-state index >= 15 is 0 Å². The summed E-state index contributed by atoms with van der Waals surface area (Å²) in [6.07, 6.45) is -2.18. The van der Waals surface area contributed by atoms with Gasteiger partial charge in [-0.25, -0.2) is 0 Å². The van der Waals surface area contributed by atoms with E-state index in [2.05, 4.69) is 0 Å². The van der Waals surface area contributed by atoms with E-state index in [1.807, 2.05) is 34.6 Å². The van der Waals surface area contributed by atoms with Crippen LogP contribution in [0.15, 0.2) is 0 Å². The summed E-state index contributed by atoms with van der Waals surface area (Å²) in [6.45, 7) is 12.5. The fourth-order valence-electron chi connectivity index (χ4n) is 3.30. The Morgan fingerprint density at radius 2 is 1.80 bits per heavy atom. The molecule has 30 heavy (non-hydrogen) atoms. The summed E-state index contributed by atoms with van der Waals surface area (Å²) < 4.78 is 45.3. The molecule has 0 radical (unpaired) electrons. The summed E-state index contributed by atoms with van der Waals surface area (Å²) in [4.78, 5) is 12.4. The fraction of sp³-hybridized carbons (Fsp3) is 0.944. The van der Waals surface area contributed by atoms with Gasteiger partial charge in [0.25, 0.3) is 0 Å². The SMILES string of the molecule is CC(C)OC[C@H]1O[C@@H](C)C(N)[C@H]1OP(=O)([O-])O[CH-][C@H]1O[C@@H](C)C[C@H]1OC(C)C.[W].[W]. The van der Waals surface area contributed by atoms with E-state index in [-0.39, 0.29) is 79.3 Å². The summed E-state index contributed by atoms with van der Waals surface area (Å²) in [5.74, 6) is 0. The Hall–Kier alpha value is 1.29. The molecule has 12 heteroatoms. The van der Waals surface area contributed by atoms with Gasteiger partial charge >= 0.3 is 0 Å². The Morgan fingerprint density at radius 1 is 1.17 bits per heavy atom. The van der Waals surface area contributed by atoms with E-state index in [0.29, 0.717) is 6.42 Å². The van der Waals surface area contributed by atoms with Crippen molar-refractivity contribution in [2.45, 2.75) is 103 Å². The van der Waals surface area contributed by atoms with Gasteiger partial charge in [-0.05, 0) is 54.1 Å². The normalized spacial score (nSPS) is 35.9. The molecule has 0 saturated carbocycles. The van der Waals surface area contributed by atoms with Gasteiger partial charge in [-0.3, -0.25) is 4.57 Å². The molecule has 0 amide bonds. The van der Waals surface area contributed by atoms with Crippen LogP contribution < -0.4 is 10.6 Å². The van der Waals surface area contributed by atoms with E-state index in [1.165, 1.54) is 0 Å². The van der Waals surface area contributed by atoms with Crippen molar-refractivity contribution in [3.05, 3.63) is 6.61 Å². The van der Waals surface area contributed by atoms with Crippen molar-refractivity contribution in [2.75, 3.05) is 6.61 Å². The second-order valence-electron chi connectivity index (χ2n) is 7.97. The summed E-state index contributed by atoms with van der Waals surface area (Å²) in [7, 11) is -4.68. The zero-order valence-corrected chi connectivity index (χ0v) is 25.1. The van der Waals surface area contributed by atoms with Crippen molar-refractivity contribution in [1.29, 1.82) is 0 Å². The predicted octanol–water partition coefficient (Wildman–Crippen LogP) is 1.52. The Bertz CT molecular complexity index is 544. The topological polar surface area (TPSA) is 122 Å². The van der Waals surface area contributed by atoms with Crippen molar-refractivity contribution < 1.29 is 79.6 Å². The molecule has 8 atom stereocenters. The van der Waals surface area contributed by atoms with Gasteiger partial charge in [-0.1, -0.05) is 0 Å². The van der Waals surface area contributed by atoms with Crippen LogP contribution >= 0.6 is 7.82 Å². The number of nitrogens with two attached hydrogens (primary N) is 1. The number of ether oxygens (including phenoxy) is 4.